The molecule has 0 saturated heterocycles. The maximum Gasteiger partial charge on any atom is 0.0655 e. The van der Waals surface area contributed by atoms with Crippen molar-refractivity contribution in [3.05, 3.63) is 71.8 Å². The van der Waals surface area contributed by atoms with Gasteiger partial charge in [-0.3, -0.25) is 9.98 Å². The third-order valence-electron chi connectivity index (χ3n) is 3.60. The van der Waals surface area contributed by atoms with Gasteiger partial charge in [0.05, 0.1) is 6.54 Å². The molecule has 3 N–H and O–H groups in total. The lowest BCUT2D eigenvalue weighted by atomic mass is 10.1. The van der Waals surface area contributed by atoms with Crippen LogP contribution in [0.3, 0.4) is 0 Å². The van der Waals surface area contributed by atoms with E-state index in [4.69, 9.17) is 5.73 Å². The Morgan fingerprint density at radius 3 is 2.95 bits per heavy atom. The maximum atomic E-state index is 5.76. The molecule has 0 saturated carbocycles. The normalized spacial score (nSPS) is 12.3. The van der Waals surface area contributed by atoms with Gasteiger partial charge in [0.2, 0.25) is 0 Å². The first kappa shape index (κ1) is 14.1. The molecule has 4 heteroatoms. The van der Waals surface area contributed by atoms with Crippen LogP contribution in [0.2, 0.25) is 0 Å². The Labute approximate surface area is 129 Å². The number of aliphatic imine (C=N–C) groups is 1. The molecule has 0 aliphatic carbocycles. The molecule has 0 fully saturated rings. The molecule has 110 valence electrons. The molecule has 22 heavy (non-hydrogen) atoms. The van der Waals surface area contributed by atoms with Crippen LogP contribution in [0.4, 0.5) is 0 Å². The summed E-state index contributed by atoms with van der Waals surface area (Å²) in [7, 11) is 0. The molecule has 0 amide bonds. The number of benzene rings is 1. The predicted octanol–water partition coefficient (Wildman–Crippen LogP) is 3.44. The topological polar surface area (TPSA) is 67.1 Å². The lowest BCUT2D eigenvalue weighted by Crippen LogP contribution is -1.92. The van der Waals surface area contributed by atoms with Crippen molar-refractivity contribution in [3.8, 4) is 0 Å². The van der Waals surface area contributed by atoms with Gasteiger partial charge in [0.15, 0.2) is 0 Å². The highest BCUT2D eigenvalue weighted by atomic mass is 14.8. The Hall–Kier alpha value is -2.88. The largest absolute Gasteiger partial charge is 0.404 e. The number of aromatic nitrogens is 2. The molecular formula is C18H18N4. The van der Waals surface area contributed by atoms with Crippen LogP contribution in [0.25, 0.3) is 16.5 Å². The van der Waals surface area contributed by atoms with E-state index in [2.05, 4.69) is 40.1 Å². The standard InChI is InChI=1S/C18H18N4/c1-13-4-2-6-17-16(13)8-18(22-17)15(9-19)12-21-11-14-5-3-7-20-10-14/h2-10,12,22H,11,19H2,1H3. The van der Waals surface area contributed by atoms with Crippen molar-refractivity contribution in [3.63, 3.8) is 0 Å². The SMILES string of the molecule is Cc1cccc2[nH]c(C(C=NCc3cccnc3)=CN)cc12. The van der Waals surface area contributed by atoms with E-state index >= 15 is 0 Å². The molecule has 2 aromatic heterocycles. The van der Waals surface area contributed by atoms with Gasteiger partial charge in [-0.1, -0.05) is 18.2 Å². The molecule has 1 aromatic carbocycles. The summed E-state index contributed by atoms with van der Waals surface area (Å²) in [4.78, 5) is 11.9. The van der Waals surface area contributed by atoms with Crippen LogP contribution in [-0.4, -0.2) is 16.2 Å². The van der Waals surface area contributed by atoms with Crippen molar-refractivity contribution in [2.45, 2.75) is 13.5 Å². The van der Waals surface area contributed by atoms with Crippen molar-refractivity contribution < 1.29 is 0 Å². The Morgan fingerprint density at radius 2 is 2.23 bits per heavy atom. The Balaban J connectivity index is 1.83. The number of aromatic amines is 1. The number of nitrogens with zero attached hydrogens (tertiary/aromatic N) is 2. The van der Waals surface area contributed by atoms with Crippen molar-refractivity contribution in [1.29, 1.82) is 0 Å². The number of pyridine rings is 1. The van der Waals surface area contributed by atoms with E-state index in [1.54, 1.807) is 18.6 Å². The molecule has 0 spiro atoms. The summed E-state index contributed by atoms with van der Waals surface area (Å²) in [5, 5.41) is 1.21. The van der Waals surface area contributed by atoms with Crippen LogP contribution in [0.15, 0.2) is 60.0 Å². The average molecular weight is 290 g/mol. The number of aryl methyl sites for hydroxylation is 1. The second kappa shape index (κ2) is 6.26. The fourth-order valence-corrected chi connectivity index (χ4v) is 2.41. The number of nitrogens with two attached hydrogens (primary N) is 1. The van der Waals surface area contributed by atoms with Crippen molar-refractivity contribution in [1.82, 2.24) is 9.97 Å². The van der Waals surface area contributed by atoms with E-state index in [9.17, 15) is 0 Å². The van der Waals surface area contributed by atoms with Crippen molar-refractivity contribution >= 4 is 22.7 Å². The summed E-state index contributed by atoms with van der Waals surface area (Å²) in [5.74, 6) is 0. The van der Waals surface area contributed by atoms with E-state index in [-0.39, 0.29) is 0 Å². The maximum absolute atomic E-state index is 5.76. The van der Waals surface area contributed by atoms with Gasteiger partial charge < -0.3 is 10.7 Å². The van der Waals surface area contributed by atoms with Gasteiger partial charge in [-0.2, -0.15) is 0 Å². The Kier molecular flexibility index (Phi) is 4.01. The zero-order valence-corrected chi connectivity index (χ0v) is 12.5. The molecule has 3 aromatic rings. The lowest BCUT2D eigenvalue weighted by molar-refractivity contribution is 1.05. The zero-order chi connectivity index (χ0) is 15.4. The molecular weight excluding hydrogens is 272 g/mol. The third kappa shape index (κ3) is 2.91. The lowest BCUT2D eigenvalue weighted by Gasteiger charge is -1.98. The highest BCUT2D eigenvalue weighted by Crippen LogP contribution is 2.22. The number of rotatable bonds is 4. The number of hydrogen-bond acceptors (Lipinski definition) is 3. The predicted molar refractivity (Wildman–Crippen MR) is 91.6 cm³/mol. The van der Waals surface area contributed by atoms with E-state index in [1.807, 2.05) is 24.4 Å². The smallest absolute Gasteiger partial charge is 0.0655 e. The molecule has 0 aliphatic heterocycles. The molecule has 0 aliphatic rings. The van der Waals surface area contributed by atoms with Crippen LogP contribution in [0, 0.1) is 6.92 Å². The minimum atomic E-state index is 0.588. The fraction of sp³-hybridized carbons (Fsp3) is 0.111. The molecule has 0 radical (unpaired) electrons. The summed E-state index contributed by atoms with van der Waals surface area (Å²) in [6.45, 7) is 2.69. The van der Waals surface area contributed by atoms with Gasteiger partial charge in [-0.05, 0) is 36.2 Å². The van der Waals surface area contributed by atoms with E-state index in [0.717, 1.165) is 22.3 Å². The molecule has 3 rings (SSSR count). The minimum Gasteiger partial charge on any atom is -0.404 e. The number of nitrogens with one attached hydrogen (secondary N) is 1. The first-order valence-electron chi connectivity index (χ1n) is 7.17. The van der Waals surface area contributed by atoms with Gasteiger partial charge in [0.25, 0.3) is 0 Å². The quantitative estimate of drug-likeness (QED) is 0.723. The highest BCUT2D eigenvalue weighted by Gasteiger charge is 2.05. The first-order valence-corrected chi connectivity index (χ1v) is 7.17. The van der Waals surface area contributed by atoms with Crippen molar-refractivity contribution in [2.75, 3.05) is 0 Å². The Bertz CT molecular complexity index is 829. The van der Waals surface area contributed by atoms with Gasteiger partial charge in [-0.25, -0.2) is 0 Å². The summed E-state index contributed by atoms with van der Waals surface area (Å²) >= 11 is 0. The van der Waals surface area contributed by atoms with E-state index in [1.165, 1.54) is 10.9 Å². The zero-order valence-electron chi connectivity index (χ0n) is 12.5. The average Bonchev–Trinajstić information content (AvgIpc) is 2.98. The highest BCUT2D eigenvalue weighted by molar-refractivity contribution is 6.10. The van der Waals surface area contributed by atoms with Crippen LogP contribution in [-0.2, 0) is 6.54 Å². The molecule has 0 bridgehead atoms. The van der Waals surface area contributed by atoms with Crippen molar-refractivity contribution in [2.24, 2.45) is 10.7 Å². The minimum absolute atomic E-state index is 0.588. The second-order valence-electron chi connectivity index (χ2n) is 5.17. The van der Waals surface area contributed by atoms with Gasteiger partial charge >= 0.3 is 0 Å². The summed E-state index contributed by atoms with van der Waals surface area (Å²) in [5.41, 5.74) is 11.0. The molecule has 0 atom stereocenters. The van der Waals surface area contributed by atoms with Gasteiger partial charge in [0, 0.05) is 47.0 Å². The summed E-state index contributed by atoms with van der Waals surface area (Å²) < 4.78 is 0. The van der Waals surface area contributed by atoms with E-state index < -0.39 is 0 Å². The summed E-state index contributed by atoms with van der Waals surface area (Å²) in [6.07, 6.45) is 6.94. The van der Waals surface area contributed by atoms with E-state index in [0.29, 0.717) is 6.54 Å². The van der Waals surface area contributed by atoms with Crippen LogP contribution in [0.5, 0.6) is 0 Å². The van der Waals surface area contributed by atoms with Gasteiger partial charge in [0.1, 0.15) is 0 Å². The Morgan fingerprint density at radius 1 is 1.32 bits per heavy atom. The number of hydrogen-bond donors (Lipinski definition) is 2. The first-order chi connectivity index (χ1) is 10.8. The number of fused-ring (bicyclic) bond motifs is 1. The monoisotopic (exact) mass is 290 g/mol. The third-order valence-corrected chi connectivity index (χ3v) is 3.60. The van der Waals surface area contributed by atoms with Crippen LogP contribution < -0.4 is 5.73 Å². The summed E-state index contributed by atoms with van der Waals surface area (Å²) in [6, 6.07) is 12.2. The van der Waals surface area contributed by atoms with Crippen LogP contribution in [0.1, 0.15) is 16.8 Å². The number of H-pyrrole nitrogens is 1. The number of allylic oxidation sites excluding steroid dienone is 1. The molecule has 2 heterocycles. The molecule has 4 nitrogen and oxygen atoms in total. The fourth-order valence-electron chi connectivity index (χ4n) is 2.41. The second-order valence-corrected chi connectivity index (χ2v) is 5.17. The molecule has 0 unspecified atom stereocenters. The van der Waals surface area contributed by atoms with Gasteiger partial charge in [-0.15, -0.1) is 0 Å². The van der Waals surface area contributed by atoms with Crippen LogP contribution >= 0.6 is 0 Å².